The Morgan fingerprint density at radius 1 is 1.18 bits per heavy atom. The zero-order chi connectivity index (χ0) is 14.2. The van der Waals surface area contributed by atoms with Gasteiger partial charge in [-0.1, -0.05) is 6.92 Å². The molecule has 0 saturated carbocycles. The van der Waals surface area contributed by atoms with Gasteiger partial charge in [0, 0.05) is 6.42 Å². The third-order valence-corrected chi connectivity index (χ3v) is 2.46. The van der Waals surface area contributed by atoms with Crippen LogP contribution in [0.4, 0.5) is 0 Å². The van der Waals surface area contributed by atoms with E-state index in [0.717, 1.165) is 0 Å². The van der Waals surface area contributed by atoms with E-state index in [-0.39, 0.29) is 6.42 Å². The van der Waals surface area contributed by atoms with Crippen LogP contribution in [0.1, 0.15) is 19.8 Å². The Kier molecular flexibility index (Phi) is 7.88. The molecule has 0 fully saturated rings. The molecule has 0 aromatic rings. The summed E-state index contributed by atoms with van der Waals surface area (Å²) < 4.78 is 28.9. The largest absolute Gasteiger partial charge is 0.481 e. The number of aliphatic carboxylic acids is 2. The van der Waals surface area contributed by atoms with Crippen molar-refractivity contribution in [3.63, 3.8) is 0 Å². The second-order valence-corrected chi connectivity index (χ2v) is 4.35. The first-order valence-electron chi connectivity index (χ1n) is 4.21. The number of hydrogen-bond donors (Lipinski definition) is 4. The predicted molar refractivity (Wildman–Crippen MR) is 54.7 cm³/mol. The molecular formula is C7H13NO8S. The zero-order valence-electron chi connectivity index (χ0n) is 8.86. The molecule has 0 rings (SSSR count). The lowest BCUT2D eigenvalue weighted by molar-refractivity contribution is -0.138. The summed E-state index contributed by atoms with van der Waals surface area (Å²) in [5.41, 5.74) is 4.53. The summed E-state index contributed by atoms with van der Waals surface area (Å²) in [5, 5.41) is 13.8. The Labute approximate surface area is 97.0 Å². The van der Waals surface area contributed by atoms with E-state index >= 15 is 0 Å². The van der Waals surface area contributed by atoms with Crippen LogP contribution in [0.15, 0.2) is 0 Å². The average Bonchev–Trinajstić information content (AvgIpc) is 2.12. The molecule has 0 aromatic carbocycles. The molecule has 0 radical (unpaired) electrons. The summed E-state index contributed by atoms with van der Waals surface area (Å²) in [6, 6.07) is 0. The van der Waals surface area contributed by atoms with Crippen molar-refractivity contribution >= 4 is 28.0 Å². The lowest BCUT2D eigenvalue weighted by Gasteiger charge is -2.05. The van der Waals surface area contributed by atoms with E-state index in [2.05, 4.69) is 5.73 Å². The molecule has 0 spiro atoms. The first-order chi connectivity index (χ1) is 7.52. The van der Waals surface area contributed by atoms with E-state index < -0.39 is 39.6 Å². The van der Waals surface area contributed by atoms with Gasteiger partial charge in [0.15, 0.2) is 5.25 Å². The minimum absolute atomic E-state index is 0.222. The monoisotopic (exact) mass is 271 g/mol. The van der Waals surface area contributed by atoms with Crippen molar-refractivity contribution in [1.29, 1.82) is 0 Å². The van der Waals surface area contributed by atoms with Gasteiger partial charge in [-0.3, -0.25) is 18.9 Å². The molecule has 0 bridgehead atoms. The first-order valence-corrected chi connectivity index (χ1v) is 5.71. The van der Waals surface area contributed by atoms with Gasteiger partial charge >= 0.3 is 11.9 Å². The number of carboxylic acids is 2. The number of amides is 1. The van der Waals surface area contributed by atoms with Gasteiger partial charge < -0.3 is 15.9 Å². The van der Waals surface area contributed by atoms with Gasteiger partial charge in [0.2, 0.25) is 5.91 Å². The highest BCUT2D eigenvalue weighted by Crippen LogP contribution is 2.03. The van der Waals surface area contributed by atoms with Gasteiger partial charge in [0.25, 0.3) is 10.1 Å². The van der Waals surface area contributed by atoms with Crippen molar-refractivity contribution in [2.24, 2.45) is 5.73 Å². The van der Waals surface area contributed by atoms with Crippen LogP contribution < -0.4 is 5.73 Å². The van der Waals surface area contributed by atoms with E-state index in [1.807, 2.05) is 0 Å². The number of primary amides is 1. The maximum atomic E-state index is 10.3. The van der Waals surface area contributed by atoms with Crippen molar-refractivity contribution in [1.82, 2.24) is 0 Å². The van der Waals surface area contributed by atoms with Gasteiger partial charge in [0.05, 0.1) is 6.42 Å². The highest BCUT2D eigenvalue weighted by atomic mass is 32.2. The number of carbonyl (C=O) groups is 3. The molecule has 1 unspecified atom stereocenters. The maximum Gasteiger partial charge on any atom is 0.305 e. The molecule has 0 aliphatic carbocycles. The van der Waals surface area contributed by atoms with Crippen molar-refractivity contribution < 1.29 is 37.6 Å². The smallest absolute Gasteiger partial charge is 0.305 e. The molecule has 0 saturated heterocycles. The van der Waals surface area contributed by atoms with E-state index in [0.29, 0.717) is 0 Å². The highest BCUT2D eigenvalue weighted by molar-refractivity contribution is 7.87. The van der Waals surface area contributed by atoms with Gasteiger partial charge in [0.1, 0.15) is 0 Å². The Hall–Kier alpha value is -1.68. The first kappa shape index (κ1) is 17.7. The van der Waals surface area contributed by atoms with Crippen LogP contribution in [0.5, 0.6) is 0 Å². The molecule has 0 aliphatic heterocycles. The third-order valence-electron chi connectivity index (χ3n) is 1.34. The number of carboxylic acid groups (broad SMARTS) is 2. The van der Waals surface area contributed by atoms with Crippen molar-refractivity contribution in [2.75, 3.05) is 0 Å². The Bertz CT molecular complexity index is 387. The number of rotatable bonds is 5. The van der Waals surface area contributed by atoms with Crippen LogP contribution in [0.25, 0.3) is 0 Å². The molecule has 17 heavy (non-hydrogen) atoms. The summed E-state index contributed by atoms with van der Waals surface area (Å²) in [5.74, 6) is -3.67. The van der Waals surface area contributed by atoms with Gasteiger partial charge in [-0.05, 0) is 0 Å². The molecule has 0 aromatic heterocycles. The summed E-state index contributed by atoms with van der Waals surface area (Å²) in [4.78, 5) is 29.6. The molecule has 9 nitrogen and oxygen atoms in total. The van der Waals surface area contributed by atoms with Gasteiger partial charge in [-0.2, -0.15) is 8.42 Å². The summed E-state index contributed by atoms with van der Waals surface area (Å²) >= 11 is 0. The van der Waals surface area contributed by atoms with Crippen LogP contribution in [-0.4, -0.2) is 46.3 Å². The zero-order valence-corrected chi connectivity index (χ0v) is 9.68. The minimum Gasteiger partial charge on any atom is -0.481 e. The number of hydrogen-bond acceptors (Lipinski definition) is 5. The topological polar surface area (TPSA) is 172 Å². The molecular weight excluding hydrogens is 258 g/mol. The third kappa shape index (κ3) is 10.6. The maximum absolute atomic E-state index is 10.3. The van der Waals surface area contributed by atoms with E-state index in [9.17, 15) is 22.8 Å². The van der Waals surface area contributed by atoms with Crippen molar-refractivity contribution in [3.05, 3.63) is 0 Å². The molecule has 10 heteroatoms. The summed E-state index contributed by atoms with van der Waals surface area (Å²) in [6.45, 7) is 1.60. The lowest BCUT2D eigenvalue weighted by Crippen LogP contribution is -2.37. The number of nitrogens with two attached hydrogens (primary N) is 1. The standard InChI is InChI=1S/C4H7NO6S.C3H6O2/c5-4(8)2(1-3(6)7)12(9,10)11;1-2-3(4)5/h2H,1H2,(H2,5,8)(H,6,7)(H,9,10,11);2H2,1H3,(H,4,5). The molecule has 1 amide bonds. The van der Waals surface area contributed by atoms with Crippen LogP contribution in [0.3, 0.4) is 0 Å². The average molecular weight is 271 g/mol. The van der Waals surface area contributed by atoms with Crippen LogP contribution >= 0.6 is 0 Å². The fourth-order valence-electron chi connectivity index (χ4n) is 0.511. The van der Waals surface area contributed by atoms with Crippen molar-refractivity contribution in [3.8, 4) is 0 Å². The normalized spacial score (nSPS) is 11.9. The van der Waals surface area contributed by atoms with Crippen LogP contribution in [0, 0.1) is 0 Å². The second-order valence-electron chi connectivity index (χ2n) is 2.75. The molecule has 0 aliphatic rings. The van der Waals surface area contributed by atoms with Crippen LogP contribution in [0.2, 0.25) is 0 Å². The van der Waals surface area contributed by atoms with Gasteiger partial charge in [-0.25, -0.2) is 0 Å². The molecule has 0 heterocycles. The highest BCUT2D eigenvalue weighted by Gasteiger charge is 2.31. The van der Waals surface area contributed by atoms with E-state index in [1.165, 1.54) is 0 Å². The fourth-order valence-corrected chi connectivity index (χ4v) is 1.16. The molecule has 1 atom stereocenters. The van der Waals surface area contributed by atoms with Crippen LogP contribution in [-0.2, 0) is 24.5 Å². The minimum atomic E-state index is -4.71. The Morgan fingerprint density at radius 2 is 1.53 bits per heavy atom. The predicted octanol–water partition coefficient (Wildman–Crippen LogP) is -1.32. The lowest BCUT2D eigenvalue weighted by atomic mass is 10.3. The quantitative estimate of drug-likeness (QED) is 0.446. The van der Waals surface area contributed by atoms with E-state index in [4.69, 9.17) is 14.8 Å². The van der Waals surface area contributed by atoms with Crippen molar-refractivity contribution in [2.45, 2.75) is 25.0 Å². The van der Waals surface area contributed by atoms with E-state index in [1.54, 1.807) is 6.92 Å². The summed E-state index contributed by atoms with van der Waals surface area (Å²) in [6.07, 6.45) is -0.811. The SMILES string of the molecule is CCC(=O)O.NC(=O)C(CC(=O)O)S(=O)(=O)O. The summed E-state index contributed by atoms with van der Waals surface area (Å²) in [7, 11) is -4.71. The van der Waals surface area contributed by atoms with Gasteiger partial charge in [-0.15, -0.1) is 0 Å². The Balaban J connectivity index is 0. The number of carbonyl (C=O) groups excluding carboxylic acids is 1. The molecule has 100 valence electrons. The second kappa shape index (κ2) is 7.57. The fraction of sp³-hybridized carbons (Fsp3) is 0.571. The Morgan fingerprint density at radius 3 is 1.59 bits per heavy atom. The molecule has 5 N–H and O–H groups in total.